The summed E-state index contributed by atoms with van der Waals surface area (Å²) in [6.07, 6.45) is 0.815. The van der Waals surface area contributed by atoms with Crippen molar-refractivity contribution in [1.29, 1.82) is 0 Å². The quantitative estimate of drug-likeness (QED) is 0.423. The van der Waals surface area contributed by atoms with Gasteiger partial charge in [0, 0.05) is 22.5 Å². The van der Waals surface area contributed by atoms with Gasteiger partial charge in [-0.05, 0) is 67.1 Å². The van der Waals surface area contributed by atoms with Crippen molar-refractivity contribution in [3.05, 3.63) is 76.8 Å². The number of rotatable bonds is 9. The van der Waals surface area contributed by atoms with Gasteiger partial charge >= 0.3 is 0 Å². The molecule has 0 aliphatic heterocycles. The average Bonchev–Trinajstić information content (AvgIpc) is 2.83. The molecule has 8 heteroatoms. The lowest BCUT2D eigenvalue weighted by Crippen LogP contribution is -2.14. The molecule has 0 spiro atoms. The van der Waals surface area contributed by atoms with Crippen molar-refractivity contribution in [2.45, 2.75) is 13.3 Å². The third-order valence-electron chi connectivity index (χ3n) is 4.69. The van der Waals surface area contributed by atoms with Gasteiger partial charge in [0.15, 0.2) is 11.5 Å². The number of hydrogen-bond donors (Lipinski definition) is 2. The van der Waals surface area contributed by atoms with Crippen LogP contribution in [0.2, 0.25) is 5.02 Å². The molecule has 33 heavy (non-hydrogen) atoms. The van der Waals surface area contributed by atoms with Gasteiger partial charge in [0.25, 0.3) is 11.8 Å². The summed E-state index contributed by atoms with van der Waals surface area (Å²) in [5.74, 6) is 0.858. The number of ether oxygens (including phenoxy) is 3. The average molecular weight is 469 g/mol. The van der Waals surface area contributed by atoms with Gasteiger partial charge in [-0.1, -0.05) is 18.5 Å². The monoisotopic (exact) mass is 468 g/mol. The molecule has 7 nitrogen and oxygen atoms in total. The summed E-state index contributed by atoms with van der Waals surface area (Å²) in [7, 11) is 3.07. The second-order valence-corrected chi connectivity index (χ2v) is 7.46. The second-order valence-electron chi connectivity index (χ2n) is 7.05. The number of nitrogens with one attached hydrogen (secondary N) is 2. The number of carbonyl (C=O) groups excluding carboxylic acids is 2. The van der Waals surface area contributed by atoms with Gasteiger partial charge in [-0.15, -0.1) is 0 Å². The van der Waals surface area contributed by atoms with Gasteiger partial charge in [0.05, 0.1) is 25.8 Å². The number of anilines is 2. The maximum absolute atomic E-state index is 12.7. The number of benzene rings is 3. The van der Waals surface area contributed by atoms with Gasteiger partial charge in [-0.2, -0.15) is 0 Å². The van der Waals surface area contributed by atoms with Crippen molar-refractivity contribution in [1.82, 2.24) is 0 Å². The van der Waals surface area contributed by atoms with E-state index >= 15 is 0 Å². The van der Waals surface area contributed by atoms with Crippen molar-refractivity contribution >= 4 is 34.8 Å². The van der Waals surface area contributed by atoms with Gasteiger partial charge in [0.1, 0.15) is 5.75 Å². The normalized spacial score (nSPS) is 10.3. The van der Waals surface area contributed by atoms with E-state index in [1.54, 1.807) is 61.7 Å². The van der Waals surface area contributed by atoms with Crippen LogP contribution in [0, 0.1) is 0 Å². The highest BCUT2D eigenvalue weighted by molar-refractivity contribution is 6.32. The largest absolute Gasteiger partial charge is 0.497 e. The van der Waals surface area contributed by atoms with Crippen LogP contribution >= 0.6 is 11.6 Å². The molecule has 0 fully saturated rings. The molecule has 0 saturated carbocycles. The van der Waals surface area contributed by atoms with E-state index in [1.807, 2.05) is 6.92 Å². The van der Waals surface area contributed by atoms with Crippen LogP contribution in [-0.4, -0.2) is 32.6 Å². The fourth-order valence-corrected chi connectivity index (χ4v) is 3.25. The van der Waals surface area contributed by atoms with Crippen molar-refractivity contribution < 1.29 is 23.8 Å². The van der Waals surface area contributed by atoms with Crippen molar-refractivity contribution in [3.63, 3.8) is 0 Å². The van der Waals surface area contributed by atoms with Crippen LogP contribution in [-0.2, 0) is 0 Å². The number of halogens is 1. The van der Waals surface area contributed by atoms with E-state index in [2.05, 4.69) is 10.6 Å². The molecule has 0 atom stereocenters. The molecule has 0 aliphatic carbocycles. The zero-order chi connectivity index (χ0) is 23.8. The molecule has 3 aromatic rings. The lowest BCUT2D eigenvalue weighted by atomic mass is 10.1. The highest BCUT2D eigenvalue weighted by atomic mass is 35.5. The third kappa shape index (κ3) is 6.17. The van der Waals surface area contributed by atoms with Crippen LogP contribution in [0.4, 0.5) is 11.4 Å². The topological polar surface area (TPSA) is 85.9 Å². The van der Waals surface area contributed by atoms with Crippen LogP contribution in [0.5, 0.6) is 17.2 Å². The Bertz CT molecular complexity index is 1110. The Morgan fingerprint density at radius 1 is 0.818 bits per heavy atom. The van der Waals surface area contributed by atoms with E-state index in [9.17, 15) is 9.59 Å². The molecule has 0 bridgehead atoms. The van der Waals surface area contributed by atoms with Crippen LogP contribution in [0.1, 0.15) is 34.1 Å². The van der Waals surface area contributed by atoms with E-state index in [0.717, 1.165) is 6.42 Å². The molecular formula is C25H25ClN2O5. The molecule has 172 valence electrons. The minimum atomic E-state index is -0.368. The Morgan fingerprint density at radius 3 is 1.94 bits per heavy atom. The lowest BCUT2D eigenvalue weighted by molar-refractivity contribution is 0.101. The summed E-state index contributed by atoms with van der Waals surface area (Å²) in [5.41, 5.74) is 1.95. The molecule has 2 N–H and O–H groups in total. The molecule has 0 heterocycles. The number of hydrogen-bond acceptors (Lipinski definition) is 5. The van der Waals surface area contributed by atoms with E-state index in [-0.39, 0.29) is 11.8 Å². The van der Waals surface area contributed by atoms with Crippen molar-refractivity contribution in [2.75, 3.05) is 31.5 Å². The van der Waals surface area contributed by atoms with Crippen LogP contribution in [0.3, 0.4) is 0 Å². The summed E-state index contributed by atoms with van der Waals surface area (Å²) in [6, 6.07) is 16.7. The van der Waals surface area contributed by atoms with E-state index in [0.29, 0.717) is 51.4 Å². The predicted molar refractivity (Wildman–Crippen MR) is 129 cm³/mol. The highest BCUT2D eigenvalue weighted by Gasteiger charge is 2.16. The zero-order valence-electron chi connectivity index (χ0n) is 18.6. The summed E-state index contributed by atoms with van der Waals surface area (Å²) < 4.78 is 16.1. The van der Waals surface area contributed by atoms with E-state index in [4.69, 9.17) is 25.8 Å². The van der Waals surface area contributed by atoms with Crippen LogP contribution in [0.15, 0.2) is 60.7 Å². The first kappa shape index (κ1) is 23.9. The predicted octanol–water partition coefficient (Wildman–Crippen LogP) is 5.65. The Balaban J connectivity index is 1.67. The molecule has 0 unspecified atom stereocenters. The molecule has 0 aromatic heterocycles. The first-order chi connectivity index (χ1) is 15.9. The van der Waals surface area contributed by atoms with Crippen molar-refractivity contribution in [2.24, 2.45) is 0 Å². The molecule has 3 aromatic carbocycles. The Labute approximate surface area is 197 Å². The maximum atomic E-state index is 12.7. The van der Waals surface area contributed by atoms with Gasteiger partial charge in [0.2, 0.25) is 0 Å². The van der Waals surface area contributed by atoms with Crippen LogP contribution < -0.4 is 24.8 Å². The Hall–Kier alpha value is -3.71. The maximum Gasteiger partial charge on any atom is 0.255 e. The molecule has 0 aliphatic rings. The van der Waals surface area contributed by atoms with Crippen molar-refractivity contribution in [3.8, 4) is 17.2 Å². The van der Waals surface area contributed by atoms with E-state index < -0.39 is 0 Å². The standard InChI is InChI=1S/C25H25ClN2O5/c1-4-13-33-23-21(26)14-17(15-22(23)32-3)25(30)28-18-7-5-16(6-8-18)24(29)27-19-9-11-20(31-2)12-10-19/h5-12,14-15H,4,13H2,1-3H3,(H,27,29)(H,28,30). The number of methoxy groups -OCH3 is 2. The highest BCUT2D eigenvalue weighted by Crippen LogP contribution is 2.36. The smallest absolute Gasteiger partial charge is 0.255 e. The Kier molecular flexibility index (Phi) is 8.16. The first-order valence-corrected chi connectivity index (χ1v) is 10.7. The molecule has 2 amide bonds. The molecule has 0 radical (unpaired) electrons. The van der Waals surface area contributed by atoms with Gasteiger partial charge in [-0.3, -0.25) is 9.59 Å². The minimum absolute atomic E-state index is 0.266. The van der Waals surface area contributed by atoms with E-state index in [1.165, 1.54) is 13.2 Å². The first-order valence-electron chi connectivity index (χ1n) is 10.3. The molecule has 3 rings (SSSR count). The fraction of sp³-hybridized carbons (Fsp3) is 0.200. The summed E-state index contributed by atoms with van der Waals surface area (Å²) >= 11 is 6.30. The number of amides is 2. The summed E-state index contributed by atoms with van der Waals surface area (Å²) in [6.45, 7) is 2.47. The van der Waals surface area contributed by atoms with Gasteiger partial charge in [-0.25, -0.2) is 0 Å². The molecule has 0 saturated heterocycles. The molecular weight excluding hydrogens is 444 g/mol. The minimum Gasteiger partial charge on any atom is -0.497 e. The third-order valence-corrected chi connectivity index (χ3v) is 4.98. The SMILES string of the molecule is CCCOc1c(Cl)cc(C(=O)Nc2ccc(C(=O)Nc3ccc(OC)cc3)cc2)cc1OC. The number of carbonyl (C=O) groups is 2. The summed E-state index contributed by atoms with van der Waals surface area (Å²) in [4.78, 5) is 25.2. The Morgan fingerprint density at radius 2 is 1.39 bits per heavy atom. The van der Waals surface area contributed by atoms with Gasteiger partial charge < -0.3 is 24.8 Å². The second kappa shape index (κ2) is 11.2. The summed E-state index contributed by atoms with van der Waals surface area (Å²) in [5, 5.41) is 5.89. The lowest BCUT2D eigenvalue weighted by Gasteiger charge is -2.14. The fourth-order valence-electron chi connectivity index (χ4n) is 2.98. The zero-order valence-corrected chi connectivity index (χ0v) is 19.4. The van der Waals surface area contributed by atoms with Crippen LogP contribution in [0.25, 0.3) is 0 Å².